The molecule has 0 bridgehead atoms. The maximum Gasteiger partial charge on any atom is 0.336 e. The van der Waals surface area contributed by atoms with E-state index >= 15 is 0 Å². The van der Waals surface area contributed by atoms with E-state index in [0.29, 0.717) is 16.5 Å². The molecule has 1 saturated heterocycles. The van der Waals surface area contributed by atoms with Crippen LogP contribution in [0.2, 0.25) is 0 Å². The number of aryl methyl sites for hydroxylation is 1. The van der Waals surface area contributed by atoms with E-state index in [1.807, 2.05) is 19.1 Å². The number of benzene rings is 2. The molecule has 0 N–H and O–H groups in total. The quantitative estimate of drug-likeness (QED) is 0.358. The third-order valence-corrected chi connectivity index (χ3v) is 5.49. The number of nitrogens with zero attached hydrogens (tertiary/aromatic N) is 2. The average Bonchev–Trinajstić information content (AvgIpc) is 2.92. The molecule has 0 unspecified atom stereocenters. The fraction of sp³-hybridized carbons (Fsp3) is 0.250. The highest BCUT2D eigenvalue weighted by Crippen LogP contribution is 2.28. The van der Waals surface area contributed by atoms with Crippen LogP contribution < -0.4 is 5.63 Å². The Morgan fingerprint density at radius 2 is 1.52 bits per heavy atom. The number of carbonyl (C=O) groups is 3. The molecule has 1 aliphatic rings. The number of urea groups is 1. The van der Waals surface area contributed by atoms with Crippen LogP contribution in [0.4, 0.5) is 4.79 Å². The number of hydrogen-bond acceptors (Lipinski definition) is 5. The van der Waals surface area contributed by atoms with Crippen LogP contribution in [-0.4, -0.2) is 27.6 Å². The molecule has 1 aromatic heterocycles. The van der Waals surface area contributed by atoms with Gasteiger partial charge in [-0.1, -0.05) is 44.2 Å². The lowest BCUT2D eigenvalue weighted by atomic mass is 9.95. The van der Waals surface area contributed by atoms with Crippen molar-refractivity contribution in [3.05, 3.63) is 81.2 Å². The van der Waals surface area contributed by atoms with Crippen LogP contribution in [0.25, 0.3) is 11.0 Å². The maximum absolute atomic E-state index is 12.9. The van der Waals surface area contributed by atoms with Gasteiger partial charge in [0.15, 0.2) is 0 Å². The molecule has 1 fully saturated rings. The molecular formula is C24H22N2O5. The Hall–Kier alpha value is -3.74. The summed E-state index contributed by atoms with van der Waals surface area (Å²) in [6.45, 7) is 5.88. The number of imide groups is 2. The van der Waals surface area contributed by atoms with Crippen LogP contribution in [0.5, 0.6) is 0 Å². The van der Waals surface area contributed by atoms with Gasteiger partial charge in [0.05, 0.1) is 13.1 Å². The zero-order valence-electron chi connectivity index (χ0n) is 17.5. The zero-order valence-corrected chi connectivity index (χ0v) is 17.5. The SMILES string of the molecule is Cc1cc2oc(=O)cc(CN3C(=O)C(=O)N(Cc4ccccc4)C3=O)c2cc1C(C)C. The van der Waals surface area contributed by atoms with Crippen molar-refractivity contribution in [1.29, 1.82) is 0 Å². The van der Waals surface area contributed by atoms with E-state index in [9.17, 15) is 19.2 Å². The lowest BCUT2D eigenvalue weighted by molar-refractivity contribution is -0.143. The van der Waals surface area contributed by atoms with E-state index in [4.69, 9.17) is 4.42 Å². The zero-order chi connectivity index (χ0) is 22.3. The first kappa shape index (κ1) is 20.5. The predicted molar refractivity (Wildman–Crippen MR) is 114 cm³/mol. The second-order valence-electron chi connectivity index (χ2n) is 8.00. The summed E-state index contributed by atoms with van der Waals surface area (Å²) in [6, 6.07) is 13.3. The number of carbonyl (C=O) groups excluding carboxylic acids is 3. The molecule has 158 valence electrons. The van der Waals surface area contributed by atoms with Crippen molar-refractivity contribution in [3.8, 4) is 0 Å². The average molecular weight is 418 g/mol. The second-order valence-corrected chi connectivity index (χ2v) is 8.00. The van der Waals surface area contributed by atoms with Crippen molar-refractivity contribution in [3.63, 3.8) is 0 Å². The molecular weight excluding hydrogens is 396 g/mol. The fourth-order valence-corrected chi connectivity index (χ4v) is 3.91. The Kier molecular flexibility index (Phi) is 5.19. The largest absolute Gasteiger partial charge is 0.423 e. The summed E-state index contributed by atoms with van der Waals surface area (Å²) >= 11 is 0. The Morgan fingerprint density at radius 1 is 0.871 bits per heavy atom. The summed E-state index contributed by atoms with van der Waals surface area (Å²) in [4.78, 5) is 51.9. The Morgan fingerprint density at radius 3 is 2.16 bits per heavy atom. The number of rotatable bonds is 5. The van der Waals surface area contributed by atoms with Crippen molar-refractivity contribution in [2.24, 2.45) is 0 Å². The van der Waals surface area contributed by atoms with E-state index in [0.717, 1.165) is 26.5 Å². The molecule has 2 aromatic carbocycles. The van der Waals surface area contributed by atoms with Crippen LogP contribution in [0.1, 0.15) is 42.0 Å². The van der Waals surface area contributed by atoms with Crippen LogP contribution in [0.3, 0.4) is 0 Å². The summed E-state index contributed by atoms with van der Waals surface area (Å²) < 4.78 is 5.34. The summed E-state index contributed by atoms with van der Waals surface area (Å²) in [5.74, 6) is -1.54. The van der Waals surface area contributed by atoms with Gasteiger partial charge in [-0.2, -0.15) is 0 Å². The summed E-state index contributed by atoms with van der Waals surface area (Å²) in [5.41, 5.74) is 3.07. The molecule has 0 spiro atoms. The van der Waals surface area contributed by atoms with Crippen LogP contribution >= 0.6 is 0 Å². The molecule has 2 heterocycles. The minimum absolute atomic E-state index is 0.00904. The molecule has 7 nitrogen and oxygen atoms in total. The van der Waals surface area contributed by atoms with E-state index in [-0.39, 0.29) is 19.0 Å². The Bertz CT molecular complexity index is 1260. The Labute approximate surface area is 178 Å². The topological polar surface area (TPSA) is 87.9 Å². The monoisotopic (exact) mass is 418 g/mol. The molecule has 4 rings (SSSR count). The lowest BCUT2D eigenvalue weighted by Gasteiger charge is -2.17. The van der Waals surface area contributed by atoms with Gasteiger partial charge in [0.1, 0.15) is 5.58 Å². The lowest BCUT2D eigenvalue weighted by Crippen LogP contribution is -2.33. The first-order chi connectivity index (χ1) is 14.8. The van der Waals surface area contributed by atoms with Gasteiger partial charge in [-0.25, -0.2) is 9.59 Å². The second kappa shape index (κ2) is 7.83. The van der Waals surface area contributed by atoms with Crippen molar-refractivity contribution >= 4 is 28.8 Å². The highest BCUT2D eigenvalue weighted by atomic mass is 16.4. The molecule has 4 amide bonds. The van der Waals surface area contributed by atoms with Crippen molar-refractivity contribution in [2.75, 3.05) is 0 Å². The first-order valence-electron chi connectivity index (χ1n) is 10.0. The molecule has 3 aromatic rings. The van der Waals surface area contributed by atoms with Crippen molar-refractivity contribution in [1.82, 2.24) is 9.80 Å². The van der Waals surface area contributed by atoms with Gasteiger partial charge in [-0.3, -0.25) is 19.4 Å². The smallest absolute Gasteiger partial charge is 0.336 e. The minimum atomic E-state index is -0.904. The third kappa shape index (κ3) is 3.74. The molecule has 1 aliphatic heterocycles. The Balaban J connectivity index is 1.70. The van der Waals surface area contributed by atoms with Gasteiger partial charge in [0, 0.05) is 11.5 Å². The molecule has 7 heteroatoms. The van der Waals surface area contributed by atoms with Gasteiger partial charge in [0.2, 0.25) is 0 Å². The van der Waals surface area contributed by atoms with Gasteiger partial charge in [0.25, 0.3) is 0 Å². The minimum Gasteiger partial charge on any atom is -0.423 e. The van der Waals surface area contributed by atoms with E-state index in [1.54, 1.807) is 30.3 Å². The van der Waals surface area contributed by atoms with Crippen molar-refractivity contribution < 1.29 is 18.8 Å². The van der Waals surface area contributed by atoms with Crippen LogP contribution in [0, 0.1) is 6.92 Å². The molecule has 0 saturated carbocycles. The van der Waals surface area contributed by atoms with Gasteiger partial charge >= 0.3 is 23.5 Å². The molecule has 31 heavy (non-hydrogen) atoms. The van der Waals surface area contributed by atoms with E-state index < -0.39 is 23.5 Å². The van der Waals surface area contributed by atoms with Gasteiger partial charge in [-0.15, -0.1) is 0 Å². The fourth-order valence-electron chi connectivity index (χ4n) is 3.91. The number of fused-ring (bicyclic) bond motifs is 1. The highest BCUT2D eigenvalue weighted by Gasteiger charge is 2.44. The maximum atomic E-state index is 12.9. The summed E-state index contributed by atoms with van der Waals surface area (Å²) in [5, 5.41) is 0.642. The highest BCUT2D eigenvalue weighted by molar-refractivity contribution is 6.44. The van der Waals surface area contributed by atoms with Crippen LogP contribution in [-0.2, 0) is 22.7 Å². The summed E-state index contributed by atoms with van der Waals surface area (Å²) in [7, 11) is 0. The number of hydrogen-bond donors (Lipinski definition) is 0. The molecule has 0 aliphatic carbocycles. The van der Waals surface area contributed by atoms with Crippen molar-refractivity contribution in [2.45, 2.75) is 39.8 Å². The van der Waals surface area contributed by atoms with Gasteiger partial charge < -0.3 is 4.42 Å². The molecule has 0 atom stereocenters. The van der Waals surface area contributed by atoms with E-state index in [1.165, 1.54) is 6.07 Å². The third-order valence-electron chi connectivity index (χ3n) is 5.49. The van der Waals surface area contributed by atoms with Crippen LogP contribution in [0.15, 0.2) is 57.7 Å². The first-order valence-corrected chi connectivity index (χ1v) is 10.0. The molecule has 0 radical (unpaired) electrons. The normalized spacial score (nSPS) is 14.4. The predicted octanol–water partition coefficient (Wildman–Crippen LogP) is 3.72. The van der Waals surface area contributed by atoms with E-state index in [2.05, 4.69) is 13.8 Å². The standard InChI is InChI=1S/C24H22N2O5/c1-14(2)18-11-19-17(10-21(27)31-20(19)9-15(18)3)13-26-23(29)22(28)25(24(26)30)12-16-7-5-4-6-8-16/h4-11,14H,12-13H2,1-3H3. The number of amides is 4. The summed E-state index contributed by atoms with van der Waals surface area (Å²) in [6.07, 6.45) is 0. The van der Waals surface area contributed by atoms with Gasteiger partial charge in [-0.05, 0) is 47.2 Å².